The molecule has 2 atom stereocenters. The van der Waals surface area contributed by atoms with Gasteiger partial charge in [0.2, 0.25) is 0 Å². The van der Waals surface area contributed by atoms with Crippen molar-refractivity contribution in [1.29, 1.82) is 0 Å². The van der Waals surface area contributed by atoms with Crippen LogP contribution in [0.3, 0.4) is 0 Å². The number of anilines is 1. The van der Waals surface area contributed by atoms with Gasteiger partial charge in [-0.1, -0.05) is 13.3 Å². The van der Waals surface area contributed by atoms with Crippen molar-refractivity contribution in [2.45, 2.75) is 50.9 Å². The second kappa shape index (κ2) is 16.1. The number of methoxy groups -OCH3 is 1. The molecule has 46 heavy (non-hydrogen) atoms. The Morgan fingerprint density at radius 2 is 1.85 bits per heavy atom. The van der Waals surface area contributed by atoms with Crippen LogP contribution in [0.5, 0.6) is 0 Å². The summed E-state index contributed by atoms with van der Waals surface area (Å²) in [7, 11) is 1.12. The number of carbonyl (C=O) groups is 3. The molecule has 248 valence electrons. The molecule has 3 heterocycles. The fraction of sp³-hybridized carbons (Fsp3) is 0.533. The standard InChI is InChI=1S/C30H36F3N6O6P/c1-3-4-15-45-29(42)38-13-11-37(12-14-38)28(41)23(9-16-46-43)35-27(40)24-18-25(39-10-8-22(19-39)44-2)36-26(34-24)20-6-5-7-21(17-20)30(31,32)33/h5-7,17-18,22-23H,3-4,8-15,19H2,1-2H3,(H,35,40)/t22-,23-/m0/s1. The average Bonchev–Trinajstić information content (AvgIpc) is 3.55. The Morgan fingerprint density at radius 1 is 1.11 bits per heavy atom. The first-order valence-electron chi connectivity index (χ1n) is 14.9. The van der Waals surface area contributed by atoms with E-state index in [0.717, 1.165) is 25.0 Å². The maximum atomic E-state index is 13.6. The number of aromatic nitrogens is 2. The molecular formula is C30H36F3N6O6P. The Morgan fingerprint density at radius 3 is 2.50 bits per heavy atom. The zero-order valence-electron chi connectivity index (χ0n) is 25.6. The molecule has 0 saturated carbocycles. The van der Waals surface area contributed by atoms with E-state index in [1.165, 1.54) is 28.0 Å². The second-order valence-corrected chi connectivity index (χ2v) is 11.4. The molecule has 2 saturated heterocycles. The van der Waals surface area contributed by atoms with Gasteiger partial charge in [-0.15, -0.1) is 0 Å². The van der Waals surface area contributed by atoms with Gasteiger partial charge in [0.05, 0.1) is 0 Å². The summed E-state index contributed by atoms with van der Waals surface area (Å²) in [6, 6.07) is 4.73. The third-order valence-corrected chi connectivity index (χ3v) is 8.04. The van der Waals surface area contributed by atoms with Crippen LogP contribution >= 0.6 is 7.92 Å². The summed E-state index contributed by atoms with van der Waals surface area (Å²) in [6.45, 7) is 4.13. The molecule has 2 aromatic rings. The third kappa shape index (κ3) is 9.08. The van der Waals surface area contributed by atoms with Crippen LogP contribution in [0.4, 0.5) is 23.8 Å². The van der Waals surface area contributed by atoms with E-state index in [2.05, 4.69) is 20.9 Å². The summed E-state index contributed by atoms with van der Waals surface area (Å²) in [4.78, 5) is 53.0. The van der Waals surface area contributed by atoms with Gasteiger partial charge in [0, 0.05) is 7.11 Å². The molecule has 1 N–H and O–H groups in total. The molecule has 0 aliphatic carbocycles. The van der Waals surface area contributed by atoms with Crippen LogP contribution in [0, 0.1) is 5.63 Å². The van der Waals surface area contributed by atoms with Crippen molar-refractivity contribution in [3.05, 3.63) is 41.6 Å². The van der Waals surface area contributed by atoms with E-state index >= 15 is 0 Å². The molecule has 0 radical (unpaired) electrons. The second-order valence-electron chi connectivity index (χ2n) is 10.9. The van der Waals surface area contributed by atoms with Crippen LogP contribution < -0.4 is 10.2 Å². The number of nitrogens with zero attached hydrogens (tertiary/aromatic N) is 5. The third-order valence-electron chi connectivity index (χ3n) is 7.73. The van der Waals surface area contributed by atoms with Crippen molar-refractivity contribution < 1.29 is 41.6 Å². The fourth-order valence-corrected chi connectivity index (χ4v) is 5.35. The molecule has 4 rings (SSSR count). The number of nitrogens with one attached hydrogen (secondary N) is 1. The monoisotopic (exact) mass is 664 g/mol. The van der Waals surface area contributed by atoms with Crippen LogP contribution in [0.2, 0.25) is 0 Å². The van der Waals surface area contributed by atoms with Crippen LogP contribution in [-0.4, -0.2) is 103 Å². The molecule has 2 aliphatic heterocycles. The zero-order chi connectivity index (χ0) is 33.3. The van der Waals surface area contributed by atoms with Gasteiger partial charge < -0.3 is 0 Å². The molecule has 2 fully saturated rings. The first-order valence-corrected chi connectivity index (χ1v) is 15.8. The van der Waals surface area contributed by atoms with E-state index in [-0.39, 0.29) is 55.8 Å². The Balaban J connectivity index is 1.56. The van der Waals surface area contributed by atoms with Gasteiger partial charge in [-0.2, -0.15) is 13.2 Å². The van der Waals surface area contributed by atoms with Crippen LogP contribution in [0.1, 0.15) is 48.7 Å². The van der Waals surface area contributed by atoms with Gasteiger partial charge in [-0.3, -0.25) is 0 Å². The summed E-state index contributed by atoms with van der Waals surface area (Å²) >= 11 is 0. The summed E-state index contributed by atoms with van der Waals surface area (Å²) in [5, 5.41) is 2.63. The normalized spacial score (nSPS) is 17.3. The Hall–Kier alpha value is -3.93. The van der Waals surface area contributed by atoms with Crippen molar-refractivity contribution in [3.63, 3.8) is 0 Å². The number of carbonyl (C=O) groups excluding carboxylic acids is 3. The SMILES string of the molecule is CCCCOC(=O)N1CCN(C(=O)[C@H](CC#P=O)NC(=O)c2cc(N3CC[C@H](OC)C3)nc(-c3cccc(C(F)(F)F)c3)n2)CC1. The predicted octanol–water partition coefficient (Wildman–Crippen LogP) is 4.21. The number of piperazine rings is 1. The minimum atomic E-state index is -4.60. The van der Waals surface area contributed by atoms with Gasteiger partial charge in [0.25, 0.3) is 0 Å². The number of ether oxygens (including phenoxy) is 2. The van der Waals surface area contributed by atoms with Crippen molar-refractivity contribution in [2.75, 3.05) is 57.9 Å². The molecule has 0 unspecified atom stereocenters. The van der Waals surface area contributed by atoms with Crippen molar-refractivity contribution in [1.82, 2.24) is 25.1 Å². The molecule has 0 spiro atoms. The minimum absolute atomic E-state index is 0.0544. The van der Waals surface area contributed by atoms with Gasteiger partial charge >= 0.3 is 232 Å². The number of hydrogen-bond donors (Lipinski definition) is 1. The van der Waals surface area contributed by atoms with Crippen LogP contribution in [0.25, 0.3) is 11.4 Å². The van der Waals surface area contributed by atoms with Gasteiger partial charge in [0.15, 0.2) is 0 Å². The molecule has 12 nitrogen and oxygen atoms in total. The summed E-state index contributed by atoms with van der Waals surface area (Å²) in [5.74, 6) is -1.04. The Bertz CT molecular complexity index is 1520. The zero-order valence-corrected chi connectivity index (χ0v) is 26.5. The van der Waals surface area contributed by atoms with E-state index in [9.17, 15) is 32.1 Å². The number of amides is 3. The molecule has 0 bridgehead atoms. The number of halogens is 3. The number of alkyl halides is 3. The number of unbranched alkanes of at least 4 members (excludes halogenated alkanes) is 1. The topological polar surface area (TPSA) is 134 Å². The predicted molar refractivity (Wildman–Crippen MR) is 162 cm³/mol. The quantitative estimate of drug-likeness (QED) is 0.293. The van der Waals surface area contributed by atoms with Gasteiger partial charge in [-0.05, 0) is 0 Å². The van der Waals surface area contributed by atoms with E-state index in [1.54, 1.807) is 7.11 Å². The molecule has 16 heteroatoms. The molecule has 1 aromatic heterocycles. The summed E-state index contributed by atoms with van der Waals surface area (Å²) in [5.41, 5.74) is 1.50. The average molecular weight is 665 g/mol. The van der Waals surface area contributed by atoms with Crippen molar-refractivity contribution in [3.8, 4) is 17.0 Å². The number of hydrogen-bond acceptors (Lipinski definition) is 9. The van der Waals surface area contributed by atoms with Crippen molar-refractivity contribution in [2.24, 2.45) is 0 Å². The first kappa shape index (κ1) is 34.9. The van der Waals surface area contributed by atoms with Gasteiger partial charge in [-0.25, -0.2) is 0 Å². The summed E-state index contributed by atoms with van der Waals surface area (Å²) < 4.78 is 62.3. The molecule has 2 aliphatic rings. The van der Waals surface area contributed by atoms with E-state index in [1.807, 2.05) is 11.8 Å². The van der Waals surface area contributed by atoms with Crippen LogP contribution in [-0.2, 0) is 25.0 Å². The Kier molecular flexibility index (Phi) is 12.2. The molecule has 1 aromatic carbocycles. The maximum absolute atomic E-state index is 13.6. The van der Waals surface area contributed by atoms with E-state index < -0.39 is 43.6 Å². The van der Waals surface area contributed by atoms with Crippen molar-refractivity contribution >= 4 is 31.6 Å². The van der Waals surface area contributed by atoms with Gasteiger partial charge in [0.1, 0.15) is 0 Å². The van der Waals surface area contributed by atoms with E-state index in [4.69, 9.17) is 9.47 Å². The molecular weight excluding hydrogens is 628 g/mol. The number of benzene rings is 1. The van der Waals surface area contributed by atoms with E-state index in [0.29, 0.717) is 31.9 Å². The fourth-order valence-electron chi connectivity index (χ4n) is 5.09. The molecule has 3 amide bonds. The van der Waals surface area contributed by atoms with Crippen LogP contribution in [0.15, 0.2) is 30.3 Å². The first-order chi connectivity index (χ1) is 22.0. The summed E-state index contributed by atoms with van der Waals surface area (Å²) in [6.07, 6.45) is -3.02. The Labute approximate surface area is 265 Å². The number of rotatable bonds is 10.